The number of likely N-dealkylation sites (tertiary alicyclic amines) is 1. The smallest absolute Gasteiger partial charge is 0.328 e. The molecule has 0 radical (unpaired) electrons. The molecule has 29 heavy (non-hydrogen) atoms. The van der Waals surface area contributed by atoms with E-state index in [1.54, 1.807) is 29.2 Å². The number of hydrogen-bond acceptors (Lipinski definition) is 4. The number of carbonyl (C=O) groups excluding carboxylic acids is 2. The van der Waals surface area contributed by atoms with Gasteiger partial charge in [-0.15, -0.1) is 0 Å². The molecule has 0 aliphatic carbocycles. The molecule has 0 unspecified atom stereocenters. The highest BCUT2D eigenvalue weighted by atomic mass is 16.2. The van der Waals surface area contributed by atoms with Crippen LogP contribution in [0.1, 0.15) is 33.1 Å². The maximum atomic E-state index is 12.7. The van der Waals surface area contributed by atoms with Crippen LogP contribution in [0.15, 0.2) is 33.9 Å². The SMILES string of the molecule is CCN(CC)C(=O)C1CCN(C(=O)CCn2c(=O)[nH]c(=O)c3ccccc32)CC1. The van der Waals surface area contributed by atoms with Gasteiger partial charge in [0.25, 0.3) is 5.56 Å². The summed E-state index contributed by atoms with van der Waals surface area (Å²) in [4.78, 5) is 55.2. The van der Waals surface area contributed by atoms with Gasteiger partial charge >= 0.3 is 5.69 Å². The molecule has 1 N–H and O–H groups in total. The monoisotopic (exact) mass is 400 g/mol. The Labute approximate surface area is 169 Å². The number of para-hydroxylation sites is 1. The van der Waals surface area contributed by atoms with Crippen LogP contribution in [0.3, 0.4) is 0 Å². The molecular formula is C21H28N4O4. The summed E-state index contributed by atoms with van der Waals surface area (Å²) in [6.07, 6.45) is 1.51. The molecule has 1 aliphatic rings. The van der Waals surface area contributed by atoms with E-state index in [1.807, 2.05) is 18.7 Å². The lowest BCUT2D eigenvalue weighted by Crippen LogP contribution is -2.44. The van der Waals surface area contributed by atoms with E-state index in [2.05, 4.69) is 4.98 Å². The number of fused-ring (bicyclic) bond motifs is 1. The van der Waals surface area contributed by atoms with Gasteiger partial charge in [0.1, 0.15) is 0 Å². The minimum Gasteiger partial charge on any atom is -0.343 e. The molecule has 8 nitrogen and oxygen atoms in total. The number of hydrogen-bond donors (Lipinski definition) is 1. The fourth-order valence-corrected chi connectivity index (χ4v) is 4.00. The Morgan fingerprint density at radius 1 is 1.10 bits per heavy atom. The maximum Gasteiger partial charge on any atom is 0.328 e. The minimum absolute atomic E-state index is 0.0234. The van der Waals surface area contributed by atoms with Gasteiger partial charge in [0, 0.05) is 45.1 Å². The first kappa shape index (κ1) is 20.8. The number of aromatic nitrogens is 2. The summed E-state index contributed by atoms with van der Waals surface area (Å²) in [5.41, 5.74) is -0.407. The summed E-state index contributed by atoms with van der Waals surface area (Å²) in [6, 6.07) is 6.86. The normalized spacial score (nSPS) is 14.9. The topological polar surface area (TPSA) is 95.5 Å². The summed E-state index contributed by atoms with van der Waals surface area (Å²) < 4.78 is 1.44. The first-order chi connectivity index (χ1) is 14.0. The zero-order valence-electron chi connectivity index (χ0n) is 17.0. The first-order valence-corrected chi connectivity index (χ1v) is 10.2. The van der Waals surface area contributed by atoms with Gasteiger partial charge in [-0.3, -0.25) is 23.9 Å². The number of nitrogens with one attached hydrogen (secondary N) is 1. The summed E-state index contributed by atoms with van der Waals surface area (Å²) in [6.45, 7) is 6.67. The molecule has 2 heterocycles. The Bertz CT molecular complexity index is 998. The molecule has 1 aliphatic heterocycles. The van der Waals surface area contributed by atoms with Crippen molar-refractivity contribution in [2.75, 3.05) is 26.2 Å². The molecule has 1 saturated heterocycles. The molecule has 0 spiro atoms. The predicted molar refractivity (Wildman–Crippen MR) is 111 cm³/mol. The first-order valence-electron chi connectivity index (χ1n) is 10.2. The number of nitrogens with zero attached hydrogens (tertiary/aromatic N) is 3. The van der Waals surface area contributed by atoms with Crippen LogP contribution in [0, 0.1) is 5.92 Å². The van der Waals surface area contributed by atoms with Crippen LogP contribution in [0.5, 0.6) is 0 Å². The number of H-pyrrole nitrogens is 1. The van der Waals surface area contributed by atoms with E-state index in [0.29, 0.717) is 49.9 Å². The van der Waals surface area contributed by atoms with E-state index in [-0.39, 0.29) is 30.7 Å². The van der Waals surface area contributed by atoms with Crippen molar-refractivity contribution in [3.05, 3.63) is 45.1 Å². The lowest BCUT2D eigenvalue weighted by atomic mass is 9.95. The van der Waals surface area contributed by atoms with E-state index in [9.17, 15) is 19.2 Å². The number of carbonyl (C=O) groups is 2. The molecule has 0 atom stereocenters. The number of amides is 2. The van der Waals surface area contributed by atoms with Crippen molar-refractivity contribution in [3.63, 3.8) is 0 Å². The number of rotatable bonds is 6. The second kappa shape index (κ2) is 9.07. The second-order valence-electron chi connectivity index (χ2n) is 7.34. The lowest BCUT2D eigenvalue weighted by Gasteiger charge is -2.33. The molecule has 1 aromatic carbocycles. The quantitative estimate of drug-likeness (QED) is 0.788. The van der Waals surface area contributed by atoms with E-state index in [1.165, 1.54) is 4.57 Å². The van der Waals surface area contributed by atoms with E-state index >= 15 is 0 Å². The Morgan fingerprint density at radius 3 is 2.41 bits per heavy atom. The van der Waals surface area contributed by atoms with Gasteiger partial charge in [-0.05, 0) is 38.8 Å². The van der Waals surface area contributed by atoms with Gasteiger partial charge in [0.2, 0.25) is 11.8 Å². The zero-order valence-corrected chi connectivity index (χ0v) is 17.0. The molecule has 3 rings (SSSR count). The minimum atomic E-state index is -0.509. The van der Waals surface area contributed by atoms with Gasteiger partial charge < -0.3 is 9.80 Å². The van der Waals surface area contributed by atoms with Crippen molar-refractivity contribution in [1.82, 2.24) is 19.4 Å². The molecule has 1 aromatic heterocycles. The van der Waals surface area contributed by atoms with Crippen molar-refractivity contribution in [2.24, 2.45) is 5.92 Å². The second-order valence-corrected chi connectivity index (χ2v) is 7.34. The van der Waals surface area contributed by atoms with Crippen molar-refractivity contribution in [2.45, 2.75) is 39.7 Å². The predicted octanol–water partition coefficient (Wildman–Crippen LogP) is 1.19. The van der Waals surface area contributed by atoms with Crippen LogP contribution in [-0.4, -0.2) is 57.3 Å². The number of piperidine rings is 1. The van der Waals surface area contributed by atoms with Crippen molar-refractivity contribution in [1.29, 1.82) is 0 Å². The summed E-state index contributed by atoms with van der Waals surface area (Å²) >= 11 is 0. The Balaban J connectivity index is 1.62. The van der Waals surface area contributed by atoms with Crippen LogP contribution < -0.4 is 11.2 Å². The fourth-order valence-electron chi connectivity index (χ4n) is 4.00. The number of aromatic amines is 1. The van der Waals surface area contributed by atoms with E-state index < -0.39 is 11.2 Å². The highest BCUT2D eigenvalue weighted by Crippen LogP contribution is 2.20. The van der Waals surface area contributed by atoms with E-state index in [0.717, 1.165) is 0 Å². The third-order valence-corrected chi connectivity index (χ3v) is 5.73. The average molecular weight is 400 g/mol. The Morgan fingerprint density at radius 2 is 1.76 bits per heavy atom. The Kier molecular flexibility index (Phi) is 6.51. The molecule has 2 amide bonds. The van der Waals surface area contributed by atoms with Gasteiger partial charge in [-0.1, -0.05) is 12.1 Å². The van der Waals surface area contributed by atoms with Gasteiger partial charge in [0.15, 0.2) is 0 Å². The van der Waals surface area contributed by atoms with Gasteiger partial charge in [0.05, 0.1) is 10.9 Å². The number of benzene rings is 1. The average Bonchev–Trinajstić information content (AvgIpc) is 2.74. The highest BCUT2D eigenvalue weighted by Gasteiger charge is 2.29. The van der Waals surface area contributed by atoms with Crippen LogP contribution >= 0.6 is 0 Å². The maximum absolute atomic E-state index is 12.7. The zero-order chi connectivity index (χ0) is 21.0. The lowest BCUT2D eigenvalue weighted by molar-refractivity contribution is -0.140. The van der Waals surface area contributed by atoms with Gasteiger partial charge in [-0.25, -0.2) is 4.79 Å². The molecule has 8 heteroatoms. The summed E-state index contributed by atoms with van der Waals surface area (Å²) in [7, 11) is 0. The summed E-state index contributed by atoms with van der Waals surface area (Å²) in [5.74, 6) is 0.110. The molecule has 0 bridgehead atoms. The van der Waals surface area contributed by atoms with Crippen LogP contribution in [0.25, 0.3) is 10.9 Å². The Hall–Kier alpha value is -2.90. The molecule has 0 saturated carbocycles. The largest absolute Gasteiger partial charge is 0.343 e. The highest BCUT2D eigenvalue weighted by molar-refractivity contribution is 5.81. The van der Waals surface area contributed by atoms with E-state index in [4.69, 9.17) is 0 Å². The fraction of sp³-hybridized carbons (Fsp3) is 0.524. The van der Waals surface area contributed by atoms with Gasteiger partial charge in [-0.2, -0.15) is 0 Å². The van der Waals surface area contributed by atoms with Crippen molar-refractivity contribution < 1.29 is 9.59 Å². The standard InChI is InChI=1S/C21H28N4O4/c1-3-23(4-2)20(28)15-9-12-24(13-10-15)18(26)11-14-25-17-8-6-5-7-16(17)19(27)22-21(25)29/h5-8,15H,3-4,9-14H2,1-2H3,(H,22,27,29). The molecule has 156 valence electrons. The van der Waals surface area contributed by atoms with Crippen molar-refractivity contribution in [3.8, 4) is 0 Å². The third-order valence-electron chi connectivity index (χ3n) is 5.73. The van der Waals surface area contributed by atoms with Crippen LogP contribution in [0.4, 0.5) is 0 Å². The molecule has 2 aromatic rings. The molecule has 1 fully saturated rings. The molecular weight excluding hydrogens is 372 g/mol. The van der Waals surface area contributed by atoms with Crippen LogP contribution in [0.2, 0.25) is 0 Å². The third kappa shape index (κ3) is 4.41. The number of aryl methyl sites for hydroxylation is 1. The van der Waals surface area contributed by atoms with Crippen LogP contribution in [-0.2, 0) is 16.1 Å². The van der Waals surface area contributed by atoms with Crippen molar-refractivity contribution >= 4 is 22.7 Å². The summed E-state index contributed by atoms with van der Waals surface area (Å²) in [5, 5.41) is 0.426.